The van der Waals surface area contributed by atoms with Crippen molar-refractivity contribution in [1.29, 1.82) is 0 Å². The summed E-state index contributed by atoms with van der Waals surface area (Å²) in [6.45, 7) is 4.36. The molecule has 40 heavy (non-hydrogen) atoms. The first-order chi connectivity index (χ1) is 19.1. The molecule has 0 saturated carbocycles. The van der Waals surface area contributed by atoms with Gasteiger partial charge in [0.05, 0.1) is 12.5 Å². The molecule has 2 saturated heterocycles. The van der Waals surface area contributed by atoms with Crippen LogP contribution in [0.5, 0.6) is 5.75 Å². The molecule has 0 aromatic heterocycles. The van der Waals surface area contributed by atoms with Crippen LogP contribution in [0.4, 0.5) is 13.2 Å². The fourth-order valence-corrected chi connectivity index (χ4v) is 7.22. The molecule has 12 heteroatoms. The van der Waals surface area contributed by atoms with Crippen LogP contribution in [-0.4, -0.2) is 89.5 Å². The van der Waals surface area contributed by atoms with Gasteiger partial charge in [0.25, 0.3) is 0 Å². The molecule has 0 aliphatic carbocycles. The summed E-state index contributed by atoms with van der Waals surface area (Å²) in [5, 5.41) is 3.34. The highest BCUT2D eigenvalue weighted by molar-refractivity contribution is 8.00. The maximum Gasteiger partial charge on any atom is 0.404 e. The summed E-state index contributed by atoms with van der Waals surface area (Å²) in [7, 11) is 1.58. The number of rotatable bonds is 7. The van der Waals surface area contributed by atoms with Crippen LogP contribution in [0.1, 0.15) is 44.1 Å². The third-order valence-corrected chi connectivity index (χ3v) is 9.62. The number of dihydropyridines is 1. The van der Waals surface area contributed by atoms with E-state index in [0.29, 0.717) is 48.8 Å². The van der Waals surface area contributed by atoms with Gasteiger partial charge in [-0.25, -0.2) is 4.99 Å². The first kappa shape index (κ1) is 30.6. The normalized spacial score (nSPS) is 23.5. The summed E-state index contributed by atoms with van der Waals surface area (Å²) in [5.41, 5.74) is -0.723. The molecule has 3 aliphatic rings. The number of halogens is 4. The molecule has 0 radical (unpaired) electrons. The quantitative estimate of drug-likeness (QED) is 0.359. The minimum Gasteiger partial charge on any atom is -0.494 e. The SMILES string of the molecule is CCOc1cccc([C@@H](C(=O)N2CCC(SC3CCN(C4=NC(Cl)C(C(=O)NC)C=C4)CC3)CC2)C(F)(F)F)c1. The van der Waals surface area contributed by atoms with Crippen molar-refractivity contribution in [2.24, 2.45) is 10.9 Å². The lowest BCUT2D eigenvalue weighted by atomic mass is 9.95. The summed E-state index contributed by atoms with van der Waals surface area (Å²) < 4.78 is 47.5. The van der Waals surface area contributed by atoms with E-state index in [0.717, 1.165) is 31.8 Å². The zero-order valence-corrected chi connectivity index (χ0v) is 24.3. The van der Waals surface area contributed by atoms with Crippen LogP contribution in [0.2, 0.25) is 0 Å². The molecule has 2 unspecified atom stereocenters. The summed E-state index contributed by atoms with van der Waals surface area (Å²) in [5.74, 6) is -2.61. The predicted molar refractivity (Wildman–Crippen MR) is 152 cm³/mol. The number of hydrogen-bond acceptors (Lipinski definition) is 6. The smallest absolute Gasteiger partial charge is 0.404 e. The van der Waals surface area contributed by atoms with Crippen molar-refractivity contribution in [3.05, 3.63) is 42.0 Å². The summed E-state index contributed by atoms with van der Waals surface area (Å²) >= 11 is 8.22. The Kier molecular flexibility index (Phi) is 10.3. The minimum atomic E-state index is -4.69. The number of carbonyl (C=O) groups is 2. The van der Waals surface area contributed by atoms with Crippen LogP contribution < -0.4 is 10.1 Å². The number of ether oxygens (including phenoxy) is 1. The van der Waals surface area contributed by atoms with Gasteiger partial charge in [0, 0.05) is 43.7 Å². The van der Waals surface area contributed by atoms with Crippen LogP contribution in [0.3, 0.4) is 0 Å². The third kappa shape index (κ3) is 7.46. The van der Waals surface area contributed by atoms with Gasteiger partial charge in [-0.2, -0.15) is 24.9 Å². The monoisotopic (exact) mass is 600 g/mol. The summed E-state index contributed by atoms with van der Waals surface area (Å²) in [6, 6.07) is 5.74. The van der Waals surface area contributed by atoms with Gasteiger partial charge in [-0.3, -0.25) is 9.59 Å². The Morgan fingerprint density at radius 1 is 1.15 bits per heavy atom. The Morgan fingerprint density at radius 3 is 2.38 bits per heavy atom. The van der Waals surface area contributed by atoms with E-state index < -0.39 is 29.4 Å². The van der Waals surface area contributed by atoms with Gasteiger partial charge in [-0.15, -0.1) is 0 Å². The second-order valence-corrected chi connectivity index (χ2v) is 12.2. The van der Waals surface area contributed by atoms with Gasteiger partial charge in [-0.1, -0.05) is 29.8 Å². The fourth-order valence-electron chi connectivity index (χ4n) is 5.41. The van der Waals surface area contributed by atoms with E-state index in [1.54, 1.807) is 26.1 Å². The van der Waals surface area contributed by atoms with E-state index in [2.05, 4.69) is 15.2 Å². The van der Waals surface area contributed by atoms with Crippen molar-refractivity contribution in [3.8, 4) is 5.75 Å². The first-order valence-electron chi connectivity index (χ1n) is 13.7. The highest BCUT2D eigenvalue weighted by atomic mass is 35.5. The maximum absolute atomic E-state index is 14.0. The Hall–Kier alpha value is -2.40. The molecule has 1 aromatic rings. The Balaban J connectivity index is 1.27. The highest BCUT2D eigenvalue weighted by Gasteiger charge is 2.48. The second-order valence-electron chi connectivity index (χ2n) is 10.2. The number of piperidine rings is 2. The number of nitrogens with one attached hydrogen (secondary N) is 1. The zero-order valence-electron chi connectivity index (χ0n) is 22.7. The molecule has 3 aliphatic heterocycles. The maximum atomic E-state index is 14.0. The van der Waals surface area contributed by atoms with E-state index in [-0.39, 0.29) is 11.5 Å². The summed E-state index contributed by atoms with van der Waals surface area (Å²) in [4.78, 5) is 33.1. The van der Waals surface area contributed by atoms with Crippen molar-refractivity contribution in [3.63, 3.8) is 0 Å². The Morgan fingerprint density at radius 2 is 1.80 bits per heavy atom. The fraction of sp³-hybridized carbons (Fsp3) is 0.607. The van der Waals surface area contributed by atoms with E-state index in [1.165, 1.54) is 23.1 Å². The molecule has 3 heterocycles. The molecular weight excluding hydrogens is 565 g/mol. The zero-order chi connectivity index (χ0) is 28.9. The molecule has 3 atom stereocenters. The van der Waals surface area contributed by atoms with Crippen LogP contribution >= 0.6 is 23.4 Å². The van der Waals surface area contributed by atoms with Crippen molar-refractivity contribution < 1.29 is 27.5 Å². The molecule has 0 spiro atoms. The Labute approximate surface area is 242 Å². The van der Waals surface area contributed by atoms with Crippen LogP contribution in [-0.2, 0) is 9.59 Å². The lowest BCUT2D eigenvalue weighted by Crippen LogP contribution is -2.46. The first-order valence-corrected chi connectivity index (χ1v) is 15.1. The number of amides is 2. The highest BCUT2D eigenvalue weighted by Crippen LogP contribution is 2.39. The minimum absolute atomic E-state index is 0.0891. The third-order valence-electron chi connectivity index (χ3n) is 7.53. The number of benzene rings is 1. The molecule has 1 aromatic carbocycles. The van der Waals surface area contributed by atoms with Crippen molar-refractivity contribution in [1.82, 2.24) is 15.1 Å². The topological polar surface area (TPSA) is 74.2 Å². The number of nitrogens with zero attached hydrogens (tertiary/aromatic N) is 3. The molecule has 0 bridgehead atoms. The van der Waals surface area contributed by atoms with E-state index >= 15 is 0 Å². The molecule has 4 rings (SSSR count). The van der Waals surface area contributed by atoms with Gasteiger partial charge in [-0.05, 0) is 56.4 Å². The molecular formula is C28H36ClF3N4O3S. The average molecular weight is 601 g/mol. The van der Waals surface area contributed by atoms with Gasteiger partial charge in [0.15, 0.2) is 5.92 Å². The van der Waals surface area contributed by atoms with Crippen molar-refractivity contribution >= 4 is 41.0 Å². The number of likely N-dealkylation sites (tertiary alicyclic amines) is 2. The predicted octanol–water partition coefficient (Wildman–Crippen LogP) is 4.82. The van der Waals surface area contributed by atoms with Crippen molar-refractivity contribution in [2.75, 3.05) is 39.8 Å². The Bertz CT molecular complexity index is 1100. The van der Waals surface area contributed by atoms with Crippen LogP contribution in [0, 0.1) is 5.92 Å². The molecule has 220 valence electrons. The standard InChI is InChI=1S/C28H36ClF3N4O3S/c1-3-39-19-6-4-5-18(17-19)24(28(30,31)32)27(38)36-15-11-21(12-16-36)40-20-9-13-35(14-10-20)23-8-7-22(25(29)34-23)26(37)33-2/h4-8,17,20-22,24-25H,3,9-16H2,1-2H3,(H,33,37)/t22?,24-,25?/m0/s1. The lowest BCUT2D eigenvalue weighted by molar-refractivity contribution is -0.172. The van der Waals surface area contributed by atoms with Gasteiger partial charge in [0.2, 0.25) is 11.8 Å². The number of amidine groups is 1. The van der Waals surface area contributed by atoms with E-state index in [1.807, 2.05) is 17.8 Å². The van der Waals surface area contributed by atoms with E-state index in [4.69, 9.17) is 16.3 Å². The van der Waals surface area contributed by atoms with E-state index in [9.17, 15) is 22.8 Å². The average Bonchev–Trinajstić information content (AvgIpc) is 2.93. The largest absolute Gasteiger partial charge is 0.494 e. The molecule has 2 amide bonds. The molecule has 7 nitrogen and oxygen atoms in total. The second kappa shape index (κ2) is 13.5. The molecule has 1 N–H and O–H groups in total. The number of thioether (sulfide) groups is 1. The van der Waals surface area contributed by atoms with Gasteiger partial charge < -0.3 is 19.9 Å². The summed E-state index contributed by atoms with van der Waals surface area (Å²) in [6.07, 6.45) is 2.22. The van der Waals surface area contributed by atoms with Gasteiger partial charge >= 0.3 is 6.18 Å². The number of alkyl halides is 4. The number of carbonyl (C=O) groups excluding carboxylic acids is 2. The molecule has 2 fully saturated rings. The lowest BCUT2D eigenvalue weighted by Gasteiger charge is -2.38. The van der Waals surface area contributed by atoms with Crippen LogP contribution in [0.15, 0.2) is 41.4 Å². The van der Waals surface area contributed by atoms with Gasteiger partial charge in [0.1, 0.15) is 17.1 Å². The van der Waals surface area contributed by atoms with Crippen LogP contribution in [0.25, 0.3) is 0 Å². The number of hydrogen-bond donors (Lipinski definition) is 1. The van der Waals surface area contributed by atoms with Crippen molar-refractivity contribution in [2.45, 2.75) is 60.7 Å². The number of aliphatic imine (C=N–C) groups is 1.